The van der Waals surface area contributed by atoms with Crippen molar-refractivity contribution in [3.05, 3.63) is 64.3 Å². The summed E-state index contributed by atoms with van der Waals surface area (Å²) in [5.41, 5.74) is -1.34. The Kier molecular flexibility index (Phi) is 3.79. The molecule has 2 aromatic rings. The highest BCUT2D eigenvalue weighted by atomic mass is 19.1. The Morgan fingerprint density at radius 2 is 1.91 bits per heavy atom. The lowest BCUT2D eigenvalue weighted by Crippen LogP contribution is -2.52. The van der Waals surface area contributed by atoms with E-state index < -0.39 is 109 Å². The van der Waals surface area contributed by atoms with E-state index in [2.05, 4.69) is 0 Å². The second-order valence-electron chi connectivity index (χ2n) is 7.80. The molecule has 2 aromatic carbocycles. The van der Waals surface area contributed by atoms with Gasteiger partial charge < -0.3 is 14.4 Å². The number of piperidine rings is 1. The van der Waals surface area contributed by atoms with Crippen LogP contribution >= 0.6 is 0 Å². The van der Waals surface area contributed by atoms with Gasteiger partial charge in [0, 0.05) is 53.7 Å². The van der Waals surface area contributed by atoms with Crippen molar-refractivity contribution in [1.82, 2.24) is 15.1 Å². The summed E-state index contributed by atoms with van der Waals surface area (Å²) >= 11 is 0. The van der Waals surface area contributed by atoms with Gasteiger partial charge in [-0.15, -0.1) is 0 Å². The predicted molar refractivity (Wildman–Crippen MR) is 119 cm³/mol. The highest BCUT2D eigenvalue weighted by Gasteiger charge is 2.40. The number of hydrogen-bond acceptors (Lipinski definition) is 6. The molecule has 0 saturated carbocycles. The normalized spacial score (nSPS) is 28.1. The number of halogens is 1. The highest BCUT2D eigenvalue weighted by Crippen LogP contribution is 2.34. The van der Waals surface area contributed by atoms with Crippen molar-refractivity contribution in [2.24, 2.45) is 0 Å². The molecule has 9 heteroatoms. The molecule has 178 valence electrons. The quantitative estimate of drug-likeness (QED) is 0.641. The molecule has 3 heterocycles. The Labute approximate surface area is 210 Å². The fourth-order valence-corrected chi connectivity index (χ4v) is 3.91. The number of rotatable bonds is 6. The van der Waals surface area contributed by atoms with Crippen molar-refractivity contribution in [3.8, 4) is 5.75 Å². The zero-order valence-corrected chi connectivity index (χ0v) is 17.8. The van der Waals surface area contributed by atoms with Gasteiger partial charge in [-0.25, -0.2) is 4.39 Å². The predicted octanol–water partition coefficient (Wildman–Crippen LogP) is 2.00. The highest BCUT2D eigenvalue weighted by molar-refractivity contribution is 6.05. The zero-order valence-electron chi connectivity index (χ0n) is 27.8. The second-order valence-corrected chi connectivity index (χ2v) is 7.80. The van der Waals surface area contributed by atoms with Gasteiger partial charge >= 0.3 is 0 Å². The fraction of sp³-hybridized carbons (Fsp3) is 0.400. The summed E-state index contributed by atoms with van der Waals surface area (Å²) in [7, 11) is 0. The Bertz CT molecular complexity index is 1600. The van der Waals surface area contributed by atoms with Crippen molar-refractivity contribution in [3.63, 3.8) is 0 Å². The number of morpholine rings is 1. The van der Waals surface area contributed by atoms with Gasteiger partial charge in [-0.3, -0.25) is 24.6 Å². The SMILES string of the molecule is [2H]c1c([2H])c(COc2c([2H])c([2H])c([2H])c3c2CN(C2C(=O)NC(=O)C([2H])([2H])C2([2H])[2H])C3=O)c(F)c(CN2CCOCC2)c1[2H]. The van der Waals surface area contributed by atoms with Crippen LogP contribution in [0.1, 0.15) is 53.5 Å². The Balaban J connectivity index is 1.52. The molecule has 0 aromatic heterocycles. The summed E-state index contributed by atoms with van der Waals surface area (Å²) in [5, 5.41) is 1.71. The van der Waals surface area contributed by atoms with Gasteiger partial charge in [0.1, 0.15) is 24.2 Å². The van der Waals surface area contributed by atoms with Crippen molar-refractivity contribution >= 4 is 17.7 Å². The van der Waals surface area contributed by atoms with Crippen LogP contribution < -0.4 is 10.1 Å². The third kappa shape index (κ3) is 4.41. The van der Waals surface area contributed by atoms with Crippen LogP contribution in [-0.4, -0.2) is 59.9 Å². The number of nitrogens with one attached hydrogen (secondary N) is 1. The molecule has 3 amide bonds. The first kappa shape index (κ1) is 13.6. The van der Waals surface area contributed by atoms with Crippen molar-refractivity contribution < 1.29 is 42.0 Å². The number of amides is 3. The number of imide groups is 1. The number of carbonyl (C=O) groups is 3. The first-order valence-corrected chi connectivity index (χ1v) is 10.5. The van der Waals surface area contributed by atoms with E-state index in [4.69, 9.17) is 23.2 Å². The summed E-state index contributed by atoms with van der Waals surface area (Å²) in [6.07, 6.45) is -6.45. The molecule has 0 spiro atoms. The molecule has 1 N–H and O–H groups in total. The van der Waals surface area contributed by atoms with Crippen LogP contribution in [-0.2, 0) is 34.0 Å². The Hall–Kier alpha value is -3.30. The fourth-order valence-electron chi connectivity index (χ4n) is 3.91. The average Bonchev–Trinajstić information content (AvgIpc) is 3.30. The Morgan fingerprint density at radius 1 is 1.15 bits per heavy atom. The van der Waals surface area contributed by atoms with E-state index in [1.165, 1.54) is 0 Å². The van der Waals surface area contributed by atoms with Crippen molar-refractivity contribution in [1.29, 1.82) is 0 Å². The first-order chi connectivity index (χ1) is 20.5. The molecular weight excluding hydrogens is 441 g/mol. The minimum atomic E-state index is -3.23. The molecule has 3 aliphatic rings. The van der Waals surface area contributed by atoms with Gasteiger partial charge in [-0.1, -0.05) is 24.2 Å². The van der Waals surface area contributed by atoms with E-state index in [9.17, 15) is 14.4 Å². The minimum absolute atomic E-state index is 0.0401. The lowest BCUT2D eigenvalue weighted by atomic mass is 10.0. The molecular formula is C25H26FN3O5. The smallest absolute Gasteiger partial charge is 0.255 e. The molecule has 0 radical (unpaired) electrons. The molecule has 1 atom stereocenters. The van der Waals surface area contributed by atoms with Crippen molar-refractivity contribution in [2.45, 2.75) is 38.5 Å². The lowest BCUT2D eigenvalue weighted by Gasteiger charge is -2.29. The van der Waals surface area contributed by atoms with Gasteiger partial charge in [-0.2, -0.15) is 0 Å². The summed E-state index contributed by atoms with van der Waals surface area (Å²) in [5.74, 6) is -5.47. The van der Waals surface area contributed by atoms with Crippen LogP contribution in [0.4, 0.5) is 4.39 Å². The monoisotopic (exact) mass is 477 g/mol. The van der Waals surface area contributed by atoms with E-state index in [1.807, 2.05) is 4.90 Å². The van der Waals surface area contributed by atoms with Crippen LogP contribution in [0.2, 0.25) is 0 Å². The Morgan fingerprint density at radius 3 is 2.74 bits per heavy atom. The number of nitrogens with zero attached hydrogens (tertiary/aromatic N) is 2. The van der Waals surface area contributed by atoms with Gasteiger partial charge in [0.25, 0.3) is 5.91 Å². The zero-order chi connectivity index (χ0) is 32.5. The summed E-state index contributed by atoms with van der Waals surface area (Å²) < 4.78 is 109. The van der Waals surface area contributed by atoms with E-state index >= 15 is 4.39 Å². The number of carbonyl (C=O) groups excluding carboxylic acids is 3. The molecule has 2 fully saturated rings. The third-order valence-corrected chi connectivity index (χ3v) is 5.66. The summed E-state index contributed by atoms with van der Waals surface area (Å²) in [6, 6.07) is -6.10. The summed E-state index contributed by atoms with van der Waals surface area (Å²) in [4.78, 5) is 40.6. The molecule has 1 unspecified atom stereocenters. The maximum absolute atomic E-state index is 15.8. The van der Waals surface area contributed by atoms with Crippen LogP contribution in [0, 0.1) is 5.82 Å². The second kappa shape index (κ2) is 9.52. The lowest BCUT2D eigenvalue weighted by molar-refractivity contribution is -0.136. The molecule has 34 heavy (non-hydrogen) atoms. The van der Waals surface area contributed by atoms with E-state index in [-0.39, 0.29) is 17.7 Å². The maximum Gasteiger partial charge on any atom is 0.255 e. The van der Waals surface area contributed by atoms with Gasteiger partial charge in [-0.05, 0) is 18.5 Å². The number of benzene rings is 2. The van der Waals surface area contributed by atoms with Crippen LogP contribution in [0.3, 0.4) is 0 Å². The summed E-state index contributed by atoms with van der Waals surface area (Å²) in [6.45, 7) is 0.205. The standard InChI is InChI=1S/C25H26FN3O5/c26-23-16(13-28-9-11-33-12-10-28)3-1-4-17(23)15-34-21-6-2-5-18-19(21)14-29(25(18)32)20-7-8-22(30)27-24(20)31/h1-6,20H,7-15H2,(H,27,30,31)/i1D,2D,3D,4D,5D,6D,7D2,8D2. The van der Waals surface area contributed by atoms with Crippen LogP contribution in [0.25, 0.3) is 0 Å². The van der Waals surface area contributed by atoms with Crippen molar-refractivity contribution in [2.75, 3.05) is 26.3 Å². The molecule has 0 aliphatic carbocycles. The number of fused-ring (bicyclic) bond motifs is 1. The van der Waals surface area contributed by atoms with Gasteiger partial charge in [0.2, 0.25) is 11.8 Å². The van der Waals surface area contributed by atoms with Gasteiger partial charge in [0.15, 0.2) is 0 Å². The molecule has 8 nitrogen and oxygen atoms in total. The van der Waals surface area contributed by atoms with E-state index in [1.54, 1.807) is 5.32 Å². The third-order valence-electron chi connectivity index (χ3n) is 5.66. The largest absolute Gasteiger partial charge is 0.488 e. The molecule has 0 bridgehead atoms. The minimum Gasteiger partial charge on any atom is -0.488 e. The van der Waals surface area contributed by atoms with Gasteiger partial charge in [0.05, 0.1) is 28.0 Å². The first-order valence-electron chi connectivity index (χ1n) is 15.5. The number of ether oxygens (including phenoxy) is 2. The maximum atomic E-state index is 15.8. The number of hydrogen-bond donors (Lipinski definition) is 1. The topological polar surface area (TPSA) is 88.2 Å². The molecule has 3 aliphatic heterocycles. The van der Waals surface area contributed by atoms with Crippen LogP contribution in [0.5, 0.6) is 5.75 Å². The molecule has 2 saturated heterocycles. The van der Waals surface area contributed by atoms with E-state index in [0.29, 0.717) is 31.2 Å². The van der Waals surface area contributed by atoms with E-state index in [0.717, 1.165) is 0 Å². The van der Waals surface area contributed by atoms with Crippen LogP contribution in [0.15, 0.2) is 36.3 Å². The molecule has 5 rings (SSSR count). The average molecular weight is 478 g/mol.